The first-order valence-electron chi connectivity index (χ1n) is 8.68. The van der Waals surface area contributed by atoms with Crippen molar-refractivity contribution in [1.29, 1.82) is 0 Å². The van der Waals surface area contributed by atoms with Gasteiger partial charge in [-0.15, -0.1) is 0 Å². The van der Waals surface area contributed by atoms with Crippen LogP contribution >= 0.6 is 0 Å². The normalized spacial score (nSPS) is 18.4. The number of sulfonamides is 1. The van der Waals surface area contributed by atoms with E-state index in [0.29, 0.717) is 18.9 Å². The number of pyridine rings is 1. The number of hydrogen-bond acceptors (Lipinski definition) is 4. The average Bonchev–Trinajstić information content (AvgIpc) is 3.07. The van der Waals surface area contributed by atoms with Gasteiger partial charge in [-0.05, 0) is 56.4 Å². The summed E-state index contributed by atoms with van der Waals surface area (Å²) in [5, 5.41) is 0.0218. The third kappa shape index (κ3) is 3.70. The Balaban J connectivity index is 1.90. The van der Waals surface area contributed by atoms with Crippen molar-refractivity contribution in [1.82, 2.24) is 9.29 Å². The van der Waals surface area contributed by atoms with Gasteiger partial charge in [0, 0.05) is 18.8 Å². The summed E-state index contributed by atoms with van der Waals surface area (Å²) in [6.45, 7) is 4.83. The lowest BCUT2D eigenvalue weighted by atomic mass is 10.0. The highest BCUT2D eigenvalue weighted by Gasteiger charge is 2.37. The summed E-state index contributed by atoms with van der Waals surface area (Å²) in [7, 11) is -3.68. The van der Waals surface area contributed by atoms with Crippen LogP contribution in [0.2, 0.25) is 0 Å². The van der Waals surface area contributed by atoms with Gasteiger partial charge in [-0.2, -0.15) is 4.31 Å². The second-order valence-corrected chi connectivity index (χ2v) is 8.09. The summed E-state index contributed by atoms with van der Waals surface area (Å²) in [6, 6.07) is 11.5. The molecule has 6 heteroatoms. The molecule has 1 fully saturated rings. The summed E-state index contributed by atoms with van der Waals surface area (Å²) < 4.78 is 33.5. The molecule has 0 saturated carbocycles. The van der Waals surface area contributed by atoms with Crippen molar-refractivity contribution < 1.29 is 13.2 Å². The Kier molecular flexibility index (Phi) is 5.39. The lowest BCUT2D eigenvalue weighted by molar-refractivity contribution is 0.323. The van der Waals surface area contributed by atoms with E-state index < -0.39 is 10.0 Å². The van der Waals surface area contributed by atoms with Crippen LogP contribution in [-0.4, -0.2) is 36.9 Å². The maximum absolute atomic E-state index is 13.2. The zero-order valence-corrected chi connectivity index (χ0v) is 15.5. The molecule has 1 aromatic carbocycles. The smallest absolute Gasteiger partial charge is 0.264 e. The Bertz CT molecular complexity index is 836. The fourth-order valence-electron chi connectivity index (χ4n) is 3.37. The summed E-state index contributed by atoms with van der Waals surface area (Å²) in [4.78, 5) is 4.12. The molecule has 5 nitrogen and oxygen atoms in total. The minimum Gasteiger partial charge on any atom is -0.491 e. The second-order valence-electron chi connectivity index (χ2n) is 6.28. The van der Waals surface area contributed by atoms with Crippen molar-refractivity contribution >= 4 is 10.0 Å². The topological polar surface area (TPSA) is 59.5 Å². The standard InChI is InChI=1S/C19H24N2O3S/c1-3-24-18-11-6-12-20-19(18)25(22,23)21-13-7-10-17(21)14-16-9-5-4-8-15(16)2/h4-6,8-9,11-12,17H,3,7,10,13-14H2,1-2H3. The summed E-state index contributed by atoms with van der Waals surface area (Å²) in [5.74, 6) is 0.326. The molecule has 2 aromatic rings. The largest absolute Gasteiger partial charge is 0.491 e. The van der Waals surface area contributed by atoms with Gasteiger partial charge < -0.3 is 4.74 Å². The van der Waals surface area contributed by atoms with Crippen LogP contribution in [0.3, 0.4) is 0 Å². The van der Waals surface area contributed by atoms with Gasteiger partial charge in [0.15, 0.2) is 5.75 Å². The first kappa shape index (κ1) is 17.9. The van der Waals surface area contributed by atoms with Crippen molar-refractivity contribution in [3.05, 3.63) is 53.7 Å². The van der Waals surface area contributed by atoms with Gasteiger partial charge in [-0.25, -0.2) is 13.4 Å². The van der Waals surface area contributed by atoms with E-state index in [-0.39, 0.29) is 11.1 Å². The molecule has 1 saturated heterocycles. The van der Waals surface area contributed by atoms with Crippen molar-refractivity contribution in [2.24, 2.45) is 0 Å². The second kappa shape index (κ2) is 7.54. The molecule has 2 heterocycles. The Morgan fingerprint density at radius 2 is 2.04 bits per heavy atom. The number of aryl methyl sites for hydroxylation is 1. The molecule has 0 bridgehead atoms. The molecule has 3 rings (SSSR count). The Hall–Kier alpha value is -1.92. The van der Waals surface area contributed by atoms with Crippen LogP contribution in [0.4, 0.5) is 0 Å². The van der Waals surface area contributed by atoms with Gasteiger partial charge in [0.1, 0.15) is 0 Å². The maximum Gasteiger partial charge on any atom is 0.264 e. The van der Waals surface area contributed by atoms with Crippen molar-refractivity contribution in [3.8, 4) is 5.75 Å². The Labute approximate surface area is 149 Å². The zero-order chi connectivity index (χ0) is 17.9. The molecule has 1 unspecified atom stereocenters. The molecule has 0 N–H and O–H groups in total. The third-order valence-corrected chi connectivity index (χ3v) is 6.52. The van der Waals surface area contributed by atoms with Crippen molar-refractivity contribution in [3.63, 3.8) is 0 Å². The Morgan fingerprint density at radius 1 is 1.24 bits per heavy atom. The van der Waals surface area contributed by atoms with Gasteiger partial charge in [-0.1, -0.05) is 24.3 Å². The predicted octanol–water partition coefficient (Wildman–Crippen LogP) is 3.18. The van der Waals surface area contributed by atoms with Gasteiger partial charge >= 0.3 is 0 Å². The van der Waals surface area contributed by atoms with E-state index in [9.17, 15) is 8.42 Å². The summed E-state index contributed by atoms with van der Waals surface area (Å²) in [5.41, 5.74) is 2.39. The first-order chi connectivity index (χ1) is 12.0. The van der Waals surface area contributed by atoms with Crippen LogP contribution < -0.4 is 4.74 Å². The van der Waals surface area contributed by atoms with E-state index >= 15 is 0 Å². The van der Waals surface area contributed by atoms with Crippen LogP contribution in [0.5, 0.6) is 5.75 Å². The van der Waals surface area contributed by atoms with Crippen LogP contribution in [-0.2, 0) is 16.4 Å². The number of aromatic nitrogens is 1. The lowest BCUT2D eigenvalue weighted by Gasteiger charge is -2.25. The fraction of sp³-hybridized carbons (Fsp3) is 0.421. The molecule has 1 atom stereocenters. The van der Waals surface area contributed by atoms with Crippen LogP contribution in [0.25, 0.3) is 0 Å². The fourth-order valence-corrected chi connectivity index (χ4v) is 5.11. The van der Waals surface area contributed by atoms with E-state index in [1.807, 2.05) is 19.1 Å². The molecular weight excluding hydrogens is 336 g/mol. The minimum absolute atomic E-state index is 0.0218. The van der Waals surface area contributed by atoms with E-state index in [1.54, 1.807) is 16.4 Å². The molecule has 25 heavy (non-hydrogen) atoms. The van der Waals surface area contributed by atoms with Gasteiger partial charge in [-0.3, -0.25) is 0 Å². The minimum atomic E-state index is -3.68. The molecule has 134 valence electrons. The van der Waals surface area contributed by atoms with Gasteiger partial charge in [0.05, 0.1) is 6.61 Å². The van der Waals surface area contributed by atoms with Gasteiger partial charge in [0.25, 0.3) is 10.0 Å². The van der Waals surface area contributed by atoms with Crippen LogP contribution in [0, 0.1) is 6.92 Å². The van der Waals surface area contributed by atoms with Crippen molar-refractivity contribution in [2.75, 3.05) is 13.2 Å². The monoisotopic (exact) mass is 360 g/mol. The number of benzene rings is 1. The van der Waals surface area contributed by atoms with Crippen molar-refractivity contribution in [2.45, 2.75) is 44.2 Å². The quantitative estimate of drug-likeness (QED) is 0.794. The zero-order valence-electron chi connectivity index (χ0n) is 14.7. The molecule has 1 aliphatic rings. The van der Waals surface area contributed by atoms with E-state index in [4.69, 9.17) is 4.74 Å². The number of hydrogen-bond donors (Lipinski definition) is 0. The first-order valence-corrected chi connectivity index (χ1v) is 10.1. The Morgan fingerprint density at radius 3 is 2.80 bits per heavy atom. The highest BCUT2D eigenvalue weighted by atomic mass is 32.2. The third-order valence-electron chi connectivity index (χ3n) is 4.63. The number of ether oxygens (including phenoxy) is 1. The van der Waals surface area contributed by atoms with E-state index in [2.05, 4.69) is 24.0 Å². The number of rotatable bonds is 6. The summed E-state index contributed by atoms with van der Waals surface area (Å²) in [6.07, 6.45) is 3.96. The predicted molar refractivity (Wildman–Crippen MR) is 97.2 cm³/mol. The molecule has 1 aliphatic heterocycles. The molecule has 0 spiro atoms. The highest BCUT2D eigenvalue weighted by molar-refractivity contribution is 7.89. The highest BCUT2D eigenvalue weighted by Crippen LogP contribution is 2.31. The number of nitrogens with zero attached hydrogens (tertiary/aromatic N) is 2. The molecule has 1 aromatic heterocycles. The summed E-state index contributed by atoms with van der Waals surface area (Å²) >= 11 is 0. The molecular formula is C19H24N2O3S. The van der Waals surface area contributed by atoms with Gasteiger partial charge in [0.2, 0.25) is 5.03 Å². The van der Waals surface area contributed by atoms with Crippen LogP contribution in [0.1, 0.15) is 30.9 Å². The molecule has 0 amide bonds. The van der Waals surface area contributed by atoms with E-state index in [0.717, 1.165) is 19.3 Å². The van der Waals surface area contributed by atoms with Crippen LogP contribution in [0.15, 0.2) is 47.6 Å². The SMILES string of the molecule is CCOc1cccnc1S(=O)(=O)N1CCCC1Cc1ccccc1C. The lowest BCUT2D eigenvalue weighted by Crippen LogP contribution is -2.37. The maximum atomic E-state index is 13.2. The van der Waals surface area contributed by atoms with E-state index in [1.165, 1.54) is 17.3 Å². The molecule has 0 aliphatic carbocycles. The average molecular weight is 360 g/mol. The molecule has 0 radical (unpaired) electrons.